The van der Waals surface area contributed by atoms with Crippen molar-refractivity contribution < 1.29 is 19.1 Å². The molecule has 0 radical (unpaired) electrons. The van der Waals surface area contributed by atoms with Gasteiger partial charge < -0.3 is 10.1 Å². The Morgan fingerprint density at radius 1 is 1.00 bits per heavy atom. The molecule has 0 spiro atoms. The lowest BCUT2D eigenvalue weighted by molar-refractivity contribution is -0.118. The van der Waals surface area contributed by atoms with Crippen molar-refractivity contribution in [1.29, 1.82) is 0 Å². The van der Waals surface area contributed by atoms with Crippen LogP contribution < -0.4 is 10.1 Å². The van der Waals surface area contributed by atoms with E-state index in [4.69, 9.17) is 4.74 Å². The smallest absolute Gasteiger partial charge is 0.262 e. The fraction of sp³-hybridized carbons (Fsp3) is 0.0625. The molecule has 0 saturated heterocycles. The minimum absolute atomic E-state index is 0.0574. The first kappa shape index (κ1) is 14.5. The number of amides is 1. The lowest BCUT2D eigenvalue weighted by atomic mass is 10.0. The number of hydrogen-bond donors (Lipinski definition) is 1. The first-order chi connectivity index (χ1) is 10.5. The second kappa shape index (κ2) is 5.73. The number of fused-ring (bicyclic) bond motifs is 1. The highest BCUT2D eigenvalue weighted by atomic mass is 79.9. The van der Waals surface area contributed by atoms with Gasteiger partial charge in [-0.05, 0) is 42.5 Å². The molecule has 3 rings (SSSR count). The zero-order chi connectivity index (χ0) is 15.7. The van der Waals surface area contributed by atoms with Crippen molar-refractivity contribution >= 4 is 39.1 Å². The average Bonchev–Trinajstić information content (AvgIpc) is 2.53. The van der Waals surface area contributed by atoms with Crippen LogP contribution in [0.2, 0.25) is 0 Å². The molecule has 0 bridgehead atoms. The van der Waals surface area contributed by atoms with Crippen LogP contribution in [0.15, 0.2) is 46.9 Å². The lowest BCUT2D eigenvalue weighted by Crippen LogP contribution is -2.25. The van der Waals surface area contributed by atoms with Crippen LogP contribution in [-0.4, -0.2) is 24.1 Å². The van der Waals surface area contributed by atoms with Crippen molar-refractivity contribution in [3.8, 4) is 5.75 Å². The van der Waals surface area contributed by atoms with Gasteiger partial charge >= 0.3 is 0 Å². The summed E-state index contributed by atoms with van der Waals surface area (Å²) < 4.78 is 6.04. The minimum Gasteiger partial charge on any atom is -0.482 e. The SMILES string of the molecule is O=C1COc2ccc(C(=O)C(=O)c3ccc(Br)cc3)cc2N1. The summed E-state index contributed by atoms with van der Waals surface area (Å²) in [5, 5.41) is 2.61. The largest absolute Gasteiger partial charge is 0.482 e. The summed E-state index contributed by atoms with van der Waals surface area (Å²) in [6, 6.07) is 11.1. The molecule has 0 unspecified atom stereocenters. The summed E-state index contributed by atoms with van der Waals surface area (Å²) in [5.41, 5.74) is 0.911. The zero-order valence-electron chi connectivity index (χ0n) is 11.3. The molecule has 0 aromatic heterocycles. The van der Waals surface area contributed by atoms with E-state index in [9.17, 15) is 14.4 Å². The molecule has 0 fully saturated rings. The number of ketones is 2. The number of benzene rings is 2. The second-order valence-electron chi connectivity index (χ2n) is 4.71. The average molecular weight is 360 g/mol. The summed E-state index contributed by atoms with van der Waals surface area (Å²) in [6.45, 7) is -0.0574. The fourth-order valence-electron chi connectivity index (χ4n) is 2.09. The van der Waals surface area contributed by atoms with Gasteiger partial charge in [0.05, 0.1) is 5.69 Å². The van der Waals surface area contributed by atoms with Gasteiger partial charge in [0.25, 0.3) is 5.91 Å². The van der Waals surface area contributed by atoms with Crippen molar-refractivity contribution in [3.63, 3.8) is 0 Å². The highest BCUT2D eigenvalue weighted by Gasteiger charge is 2.22. The van der Waals surface area contributed by atoms with Crippen molar-refractivity contribution in [2.45, 2.75) is 0 Å². The molecule has 1 aliphatic rings. The van der Waals surface area contributed by atoms with Gasteiger partial charge in [-0.2, -0.15) is 0 Å². The van der Waals surface area contributed by atoms with Gasteiger partial charge in [0, 0.05) is 15.6 Å². The molecule has 22 heavy (non-hydrogen) atoms. The summed E-state index contributed by atoms with van der Waals surface area (Å²) in [7, 11) is 0. The van der Waals surface area contributed by atoms with Crippen molar-refractivity contribution in [2.75, 3.05) is 11.9 Å². The predicted molar refractivity (Wildman–Crippen MR) is 83.4 cm³/mol. The molecule has 0 saturated carbocycles. The molecule has 110 valence electrons. The quantitative estimate of drug-likeness (QED) is 0.675. The molecule has 1 aliphatic heterocycles. The number of rotatable bonds is 3. The number of nitrogens with one attached hydrogen (secondary N) is 1. The first-order valence-electron chi connectivity index (χ1n) is 6.46. The van der Waals surface area contributed by atoms with Gasteiger partial charge in [0.2, 0.25) is 11.6 Å². The first-order valence-corrected chi connectivity index (χ1v) is 7.25. The maximum atomic E-state index is 12.3. The van der Waals surface area contributed by atoms with Crippen LogP contribution in [0.25, 0.3) is 0 Å². The van der Waals surface area contributed by atoms with Crippen LogP contribution in [0.3, 0.4) is 0 Å². The fourth-order valence-corrected chi connectivity index (χ4v) is 2.35. The molecule has 0 atom stereocenters. The third-order valence-corrected chi connectivity index (χ3v) is 3.72. The predicted octanol–water partition coefficient (Wildman–Crippen LogP) is 2.85. The van der Waals surface area contributed by atoms with E-state index >= 15 is 0 Å². The van der Waals surface area contributed by atoms with Crippen LogP contribution in [0, 0.1) is 0 Å². The van der Waals surface area contributed by atoms with Crippen LogP contribution in [0.5, 0.6) is 5.75 Å². The van der Waals surface area contributed by atoms with Gasteiger partial charge in [-0.3, -0.25) is 14.4 Å². The molecule has 0 aliphatic carbocycles. The van der Waals surface area contributed by atoms with E-state index in [1.54, 1.807) is 30.3 Å². The zero-order valence-corrected chi connectivity index (χ0v) is 12.8. The highest BCUT2D eigenvalue weighted by Crippen LogP contribution is 2.29. The monoisotopic (exact) mass is 359 g/mol. The van der Waals surface area contributed by atoms with Crippen LogP contribution >= 0.6 is 15.9 Å². The molecule has 5 nitrogen and oxygen atoms in total. The van der Waals surface area contributed by atoms with E-state index in [1.807, 2.05) is 0 Å². The Morgan fingerprint density at radius 3 is 2.36 bits per heavy atom. The van der Waals surface area contributed by atoms with E-state index in [0.29, 0.717) is 17.0 Å². The van der Waals surface area contributed by atoms with Crippen LogP contribution in [-0.2, 0) is 4.79 Å². The summed E-state index contributed by atoms with van der Waals surface area (Å²) in [4.78, 5) is 35.8. The molecule has 1 amide bonds. The highest BCUT2D eigenvalue weighted by molar-refractivity contribution is 9.10. The molecule has 1 N–H and O–H groups in total. The Balaban J connectivity index is 1.89. The van der Waals surface area contributed by atoms with Gasteiger partial charge in [0.1, 0.15) is 5.75 Å². The Hall–Kier alpha value is -2.47. The van der Waals surface area contributed by atoms with Crippen LogP contribution in [0.4, 0.5) is 5.69 Å². The molecule has 1 heterocycles. The van der Waals surface area contributed by atoms with Crippen molar-refractivity contribution in [2.24, 2.45) is 0 Å². The number of Topliss-reactive ketones (excluding diaryl/α,β-unsaturated/α-hetero) is 2. The topological polar surface area (TPSA) is 72.5 Å². The molecular weight excluding hydrogens is 350 g/mol. The van der Waals surface area contributed by atoms with Crippen LogP contribution in [0.1, 0.15) is 20.7 Å². The van der Waals surface area contributed by atoms with E-state index < -0.39 is 11.6 Å². The number of carbonyl (C=O) groups excluding carboxylic acids is 3. The Morgan fingerprint density at radius 2 is 1.64 bits per heavy atom. The summed E-state index contributed by atoms with van der Waals surface area (Å²) >= 11 is 3.27. The summed E-state index contributed by atoms with van der Waals surface area (Å²) in [6.07, 6.45) is 0. The maximum Gasteiger partial charge on any atom is 0.262 e. The minimum atomic E-state index is -0.634. The van der Waals surface area contributed by atoms with Gasteiger partial charge in [-0.15, -0.1) is 0 Å². The Bertz CT molecular complexity index is 783. The van der Waals surface area contributed by atoms with Gasteiger partial charge in [0.15, 0.2) is 6.61 Å². The number of halogens is 1. The number of hydrogen-bond acceptors (Lipinski definition) is 4. The molecule has 2 aromatic rings. The molecule has 2 aromatic carbocycles. The Labute approximate surface area is 134 Å². The van der Waals surface area contributed by atoms with Crippen molar-refractivity contribution in [3.05, 3.63) is 58.1 Å². The van der Waals surface area contributed by atoms with E-state index in [1.165, 1.54) is 12.1 Å². The third-order valence-electron chi connectivity index (χ3n) is 3.19. The van der Waals surface area contributed by atoms with Gasteiger partial charge in [-0.1, -0.05) is 15.9 Å². The standard InChI is InChI=1S/C16H10BrNO4/c17-11-4-1-9(2-5-11)15(20)16(21)10-3-6-13-12(7-10)18-14(19)8-22-13/h1-7H,8H2,(H,18,19). The second-order valence-corrected chi connectivity index (χ2v) is 5.63. The van der Waals surface area contributed by atoms with Crippen molar-refractivity contribution in [1.82, 2.24) is 0 Å². The molecular formula is C16H10BrNO4. The number of ether oxygens (including phenoxy) is 1. The van der Waals surface area contributed by atoms with Gasteiger partial charge in [-0.25, -0.2) is 0 Å². The number of anilines is 1. The summed E-state index contributed by atoms with van der Waals surface area (Å²) in [5.74, 6) is -1.05. The Kier molecular flexibility index (Phi) is 3.77. The van der Waals surface area contributed by atoms with E-state index in [-0.39, 0.29) is 18.1 Å². The number of carbonyl (C=O) groups is 3. The third kappa shape index (κ3) is 2.78. The normalized spacial score (nSPS) is 12.9. The maximum absolute atomic E-state index is 12.3. The lowest BCUT2D eigenvalue weighted by Gasteiger charge is -2.18. The molecule has 6 heteroatoms. The van der Waals surface area contributed by atoms with E-state index in [2.05, 4.69) is 21.2 Å². The van der Waals surface area contributed by atoms with E-state index in [0.717, 1.165) is 4.47 Å².